The Morgan fingerprint density at radius 3 is 2.72 bits per heavy atom. The average molecular weight is 243 g/mol. The highest BCUT2D eigenvalue weighted by atomic mass is 15.1. The highest BCUT2D eigenvalue weighted by molar-refractivity contribution is 5.52. The molecular formula is C15H21N3. The third-order valence-corrected chi connectivity index (χ3v) is 3.17. The Bertz CT molecular complexity index is 500. The summed E-state index contributed by atoms with van der Waals surface area (Å²) in [4.78, 5) is 4.22. The summed E-state index contributed by atoms with van der Waals surface area (Å²) in [5.41, 5.74) is 2.62. The molecular weight excluding hydrogens is 222 g/mol. The first-order valence-electron chi connectivity index (χ1n) is 6.49. The van der Waals surface area contributed by atoms with Crippen LogP contribution in [-0.4, -0.2) is 16.1 Å². The van der Waals surface area contributed by atoms with Gasteiger partial charge in [0, 0.05) is 31.2 Å². The zero-order chi connectivity index (χ0) is 13.0. The van der Waals surface area contributed by atoms with Crippen LogP contribution < -0.4 is 5.32 Å². The molecule has 0 amide bonds. The van der Waals surface area contributed by atoms with Crippen molar-refractivity contribution in [2.75, 3.05) is 11.9 Å². The highest BCUT2D eigenvalue weighted by Gasteiger charge is 2.05. The van der Waals surface area contributed by atoms with Crippen molar-refractivity contribution in [1.29, 1.82) is 0 Å². The molecule has 0 aliphatic heterocycles. The predicted molar refractivity (Wildman–Crippen MR) is 76.0 cm³/mol. The fourth-order valence-electron chi connectivity index (χ4n) is 2.11. The molecule has 0 spiro atoms. The van der Waals surface area contributed by atoms with Crippen LogP contribution in [0.2, 0.25) is 0 Å². The maximum absolute atomic E-state index is 4.22. The van der Waals surface area contributed by atoms with Crippen molar-refractivity contribution in [3.8, 4) is 0 Å². The van der Waals surface area contributed by atoms with Crippen LogP contribution in [0.25, 0.3) is 0 Å². The van der Waals surface area contributed by atoms with Crippen molar-refractivity contribution in [1.82, 2.24) is 9.55 Å². The summed E-state index contributed by atoms with van der Waals surface area (Å²) < 4.78 is 2.16. The molecule has 0 saturated heterocycles. The quantitative estimate of drug-likeness (QED) is 0.872. The average Bonchev–Trinajstić information content (AvgIpc) is 2.76. The Kier molecular flexibility index (Phi) is 4.03. The molecule has 0 saturated carbocycles. The smallest absolute Gasteiger partial charge is 0.105 e. The Labute approximate surface area is 109 Å². The number of para-hydroxylation sites is 1. The largest absolute Gasteiger partial charge is 0.383 e. The predicted octanol–water partition coefficient (Wildman–Crippen LogP) is 3.43. The van der Waals surface area contributed by atoms with Gasteiger partial charge in [-0.1, -0.05) is 32.0 Å². The lowest BCUT2D eigenvalue weighted by Crippen LogP contribution is -2.12. The summed E-state index contributed by atoms with van der Waals surface area (Å²) >= 11 is 0. The van der Waals surface area contributed by atoms with Gasteiger partial charge in [0.15, 0.2) is 0 Å². The summed E-state index contributed by atoms with van der Waals surface area (Å²) in [5.74, 6) is 1.61. The molecule has 1 aromatic heterocycles. The lowest BCUT2D eigenvalue weighted by Gasteiger charge is -2.15. The van der Waals surface area contributed by atoms with Crippen LogP contribution in [0.3, 0.4) is 0 Å². The van der Waals surface area contributed by atoms with Crippen molar-refractivity contribution in [3.63, 3.8) is 0 Å². The number of nitrogens with one attached hydrogen (secondary N) is 1. The normalized spacial score (nSPS) is 10.9. The van der Waals surface area contributed by atoms with Gasteiger partial charge in [-0.2, -0.15) is 0 Å². The van der Waals surface area contributed by atoms with E-state index in [1.54, 1.807) is 0 Å². The number of hydrogen-bond donors (Lipinski definition) is 1. The van der Waals surface area contributed by atoms with Gasteiger partial charge >= 0.3 is 0 Å². The van der Waals surface area contributed by atoms with E-state index in [0.29, 0.717) is 5.92 Å². The summed E-state index contributed by atoms with van der Waals surface area (Å²) in [6.45, 7) is 8.34. The molecule has 0 atom stereocenters. The van der Waals surface area contributed by atoms with E-state index in [1.807, 2.05) is 19.3 Å². The van der Waals surface area contributed by atoms with Crippen LogP contribution in [0, 0.1) is 6.92 Å². The lowest BCUT2D eigenvalue weighted by molar-refractivity contribution is 0.700. The third kappa shape index (κ3) is 2.92. The van der Waals surface area contributed by atoms with E-state index >= 15 is 0 Å². The Morgan fingerprint density at radius 2 is 2.06 bits per heavy atom. The van der Waals surface area contributed by atoms with Gasteiger partial charge < -0.3 is 9.88 Å². The van der Waals surface area contributed by atoms with Crippen LogP contribution in [0.5, 0.6) is 0 Å². The van der Waals surface area contributed by atoms with Crippen molar-refractivity contribution in [2.45, 2.75) is 33.2 Å². The van der Waals surface area contributed by atoms with Crippen molar-refractivity contribution in [3.05, 3.63) is 48.0 Å². The molecule has 1 N–H and O–H groups in total. The summed E-state index contributed by atoms with van der Waals surface area (Å²) in [7, 11) is 0. The topological polar surface area (TPSA) is 29.9 Å². The molecule has 18 heavy (non-hydrogen) atoms. The maximum Gasteiger partial charge on any atom is 0.105 e. The fourth-order valence-corrected chi connectivity index (χ4v) is 2.11. The Balaban J connectivity index is 1.96. The first kappa shape index (κ1) is 12.7. The van der Waals surface area contributed by atoms with Crippen LogP contribution in [0.4, 0.5) is 5.69 Å². The Morgan fingerprint density at radius 1 is 1.28 bits per heavy atom. The molecule has 0 fully saturated rings. The SMILES string of the molecule is Cc1nccn1CCNc1ccccc1C(C)C. The number of imidazole rings is 1. The number of aromatic nitrogens is 2. The van der Waals surface area contributed by atoms with Crippen LogP contribution >= 0.6 is 0 Å². The maximum atomic E-state index is 4.22. The molecule has 2 rings (SSSR count). The lowest BCUT2D eigenvalue weighted by atomic mass is 10.0. The molecule has 3 heteroatoms. The van der Waals surface area contributed by atoms with E-state index in [0.717, 1.165) is 18.9 Å². The Hall–Kier alpha value is -1.77. The number of nitrogens with zero attached hydrogens (tertiary/aromatic N) is 2. The third-order valence-electron chi connectivity index (χ3n) is 3.17. The zero-order valence-electron chi connectivity index (χ0n) is 11.4. The summed E-state index contributed by atoms with van der Waals surface area (Å²) in [6.07, 6.45) is 3.86. The van der Waals surface area contributed by atoms with Crippen LogP contribution in [0.15, 0.2) is 36.7 Å². The van der Waals surface area contributed by atoms with Gasteiger partial charge in [-0.05, 0) is 24.5 Å². The second-order valence-electron chi connectivity index (χ2n) is 4.84. The van der Waals surface area contributed by atoms with E-state index in [-0.39, 0.29) is 0 Å². The number of rotatable bonds is 5. The fraction of sp³-hybridized carbons (Fsp3) is 0.400. The van der Waals surface area contributed by atoms with E-state index in [1.165, 1.54) is 11.3 Å². The van der Waals surface area contributed by atoms with Gasteiger partial charge in [0.2, 0.25) is 0 Å². The van der Waals surface area contributed by atoms with Gasteiger partial charge in [-0.25, -0.2) is 4.98 Å². The standard InChI is InChI=1S/C15H21N3/c1-12(2)14-6-4-5-7-15(14)17-9-11-18-10-8-16-13(18)3/h4-8,10,12,17H,9,11H2,1-3H3. The van der Waals surface area contributed by atoms with Crippen molar-refractivity contribution < 1.29 is 0 Å². The van der Waals surface area contributed by atoms with Crippen molar-refractivity contribution in [2.24, 2.45) is 0 Å². The minimum atomic E-state index is 0.545. The molecule has 3 nitrogen and oxygen atoms in total. The molecule has 0 aliphatic rings. The van der Waals surface area contributed by atoms with E-state index in [9.17, 15) is 0 Å². The van der Waals surface area contributed by atoms with Gasteiger partial charge in [-0.15, -0.1) is 0 Å². The first-order chi connectivity index (χ1) is 8.68. The molecule has 2 aromatic rings. The molecule has 1 aromatic carbocycles. The highest BCUT2D eigenvalue weighted by Crippen LogP contribution is 2.23. The number of benzene rings is 1. The second kappa shape index (κ2) is 5.71. The van der Waals surface area contributed by atoms with Crippen LogP contribution in [0.1, 0.15) is 31.2 Å². The molecule has 0 unspecified atom stereocenters. The zero-order valence-corrected chi connectivity index (χ0v) is 11.4. The van der Waals surface area contributed by atoms with E-state index in [4.69, 9.17) is 0 Å². The van der Waals surface area contributed by atoms with Gasteiger partial charge in [-0.3, -0.25) is 0 Å². The number of aryl methyl sites for hydroxylation is 1. The van der Waals surface area contributed by atoms with Gasteiger partial charge in [0.1, 0.15) is 5.82 Å². The molecule has 0 aliphatic carbocycles. The minimum Gasteiger partial charge on any atom is -0.383 e. The molecule has 1 heterocycles. The van der Waals surface area contributed by atoms with E-state index in [2.05, 4.69) is 53.0 Å². The van der Waals surface area contributed by atoms with Gasteiger partial charge in [0.25, 0.3) is 0 Å². The molecule has 96 valence electrons. The van der Waals surface area contributed by atoms with E-state index < -0.39 is 0 Å². The summed E-state index contributed by atoms with van der Waals surface area (Å²) in [5, 5.41) is 3.51. The number of anilines is 1. The van der Waals surface area contributed by atoms with Gasteiger partial charge in [0.05, 0.1) is 0 Å². The minimum absolute atomic E-state index is 0.545. The number of hydrogen-bond acceptors (Lipinski definition) is 2. The van der Waals surface area contributed by atoms with Crippen molar-refractivity contribution >= 4 is 5.69 Å². The molecule has 0 radical (unpaired) electrons. The van der Waals surface area contributed by atoms with Crippen LogP contribution in [-0.2, 0) is 6.54 Å². The second-order valence-corrected chi connectivity index (χ2v) is 4.84. The summed E-state index contributed by atoms with van der Waals surface area (Å²) in [6, 6.07) is 8.52. The molecule has 0 bridgehead atoms. The first-order valence-corrected chi connectivity index (χ1v) is 6.49. The monoisotopic (exact) mass is 243 g/mol.